The Morgan fingerprint density at radius 1 is 0.971 bits per heavy atom. The van der Waals surface area contributed by atoms with Gasteiger partial charge in [-0.1, -0.05) is 62.4 Å². The van der Waals surface area contributed by atoms with E-state index in [9.17, 15) is 8.42 Å². The summed E-state index contributed by atoms with van der Waals surface area (Å²) in [5.74, 6) is 0.340. The van der Waals surface area contributed by atoms with Gasteiger partial charge in [0.15, 0.2) is 0 Å². The van der Waals surface area contributed by atoms with Crippen LogP contribution in [0.1, 0.15) is 49.4 Å². The molecule has 4 aromatic rings. The summed E-state index contributed by atoms with van der Waals surface area (Å²) in [6, 6.07) is 21.0. The van der Waals surface area contributed by atoms with E-state index in [2.05, 4.69) is 33.7 Å². The molecule has 0 saturated carbocycles. The zero-order valence-electron chi connectivity index (χ0n) is 20.0. The van der Waals surface area contributed by atoms with Gasteiger partial charge >= 0.3 is 0 Å². The Morgan fingerprint density at radius 2 is 1.69 bits per heavy atom. The fraction of sp³-hybridized carbons (Fsp3) is 0.250. The van der Waals surface area contributed by atoms with Gasteiger partial charge in [0.25, 0.3) is 10.0 Å². The molecule has 5 rings (SSSR count). The number of nitrogens with one attached hydrogen (secondary N) is 2. The maximum atomic E-state index is 13.4. The van der Waals surface area contributed by atoms with E-state index in [0.717, 1.165) is 59.3 Å². The molecule has 1 aromatic heterocycles. The number of benzene rings is 3. The van der Waals surface area contributed by atoms with E-state index >= 15 is 0 Å². The first kappa shape index (κ1) is 23.2. The van der Waals surface area contributed by atoms with Crippen LogP contribution in [0.2, 0.25) is 0 Å². The van der Waals surface area contributed by atoms with Crippen molar-refractivity contribution in [1.82, 2.24) is 10.2 Å². The van der Waals surface area contributed by atoms with Crippen molar-refractivity contribution in [2.24, 2.45) is 0 Å². The first-order valence-electron chi connectivity index (χ1n) is 12.0. The minimum atomic E-state index is -3.75. The number of aromatic amines is 1. The molecule has 0 spiro atoms. The second kappa shape index (κ2) is 9.58. The SMILES string of the molecule is CC(C)c1ccc(S(=O)(=O)Nc2cc3c(/C=C/c4ccccc4)n[nH]c3cc2N2CCCC2)cc1. The lowest BCUT2D eigenvalue weighted by molar-refractivity contribution is 0.601. The Labute approximate surface area is 206 Å². The third-order valence-electron chi connectivity index (χ3n) is 6.49. The van der Waals surface area contributed by atoms with Crippen molar-refractivity contribution in [1.29, 1.82) is 0 Å². The fourth-order valence-corrected chi connectivity index (χ4v) is 5.54. The lowest BCUT2D eigenvalue weighted by atomic mass is 10.0. The molecule has 35 heavy (non-hydrogen) atoms. The normalized spacial score (nSPS) is 14.4. The maximum Gasteiger partial charge on any atom is 0.261 e. The number of rotatable bonds is 7. The van der Waals surface area contributed by atoms with Gasteiger partial charge < -0.3 is 4.90 Å². The van der Waals surface area contributed by atoms with Gasteiger partial charge in [0, 0.05) is 18.5 Å². The van der Waals surface area contributed by atoms with Crippen LogP contribution < -0.4 is 9.62 Å². The molecule has 1 saturated heterocycles. The van der Waals surface area contributed by atoms with Gasteiger partial charge in [0.05, 0.1) is 27.5 Å². The fourth-order valence-electron chi connectivity index (χ4n) is 4.48. The number of anilines is 2. The van der Waals surface area contributed by atoms with Crippen molar-refractivity contribution in [2.45, 2.75) is 37.5 Å². The zero-order chi connectivity index (χ0) is 24.4. The number of fused-ring (bicyclic) bond motifs is 1. The maximum absolute atomic E-state index is 13.4. The molecule has 0 aliphatic carbocycles. The molecule has 6 nitrogen and oxygen atoms in total. The second-order valence-corrected chi connectivity index (χ2v) is 11.0. The van der Waals surface area contributed by atoms with Crippen LogP contribution in [0.25, 0.3) is 23.1 Å². The van der Waals surface area contributed by atoms with Gasteiger partial charge in [0.2, 0.25) is 0 Å². The number of sulfonamides is 1. The van der Waals surface area contributed by atoms with Crippen molar-refractivity contribution >= 4 is 44.5 Å². The molecule has 1 fully saturated rings. The molecule has 1 aliphatic heterocycles. The minimum absolute atomic E-state index is 0.255. The Bertz CT molecular complexity index is 1450. The van der Waals surface area contributed by atoms with Crippen LogP contribution >= 0.6 is 0 Å². The molecule has 1 aliphatic rings. The zero-order valence-corrected chi connectivity index (χ0v) is 20.8. The summed E-state index contributed by atoms with van der Waals surface area (Å²) in [4.78, 5) is 2.49. The molecule has 0 radical (unpaired) electrons. The highest BCUT2D eigenvalue weighted by Gasteiger charge is 2.22. The Balaban J connectivity index is 1.54. The van der Waals surface area contributed by atoms with E-state index < -0.39 is 10.0 Å². The molecular weight excluding hydrogens is 456 g/mol. The predicted octanol–water partition coefficient (Wildman–Crippen LogP) is 6.26. The molecular formula is C28H30N4O2S. The number of hydrogen-bond acceptors (Lipinski definition) is 4. The van der Waals surface area contributed by atoms with Crippen molar-refractivity contribution in [3.8, 4) is 0 Å². The summed E-state index contributed by atoms with van der Waals surface area (Å²) in [7, 11) is -3.75. The summed E-state index contributed by atoms with van der Waals surface area (Å²) in [5, 5.41) is 8.48. The van der Waals surface area contributed by atoms with Crippen LogP contribution in [0.15, 0.2) is 71.6 Å². The predicted molar refractivity (Wildman–Crippen MR) is 144 cm³/mol. The molecule has 0 bridgehead atoms. The molecule has 180 valence electrons. The van der Waals surface area contributed by atoms with Gasteiger partial charge in [-0.15, -0.1) is 0 Å². The van der Waals surface area contributed by atoms with E-state index in [1.165, 1.54) is 0 Å². The van der Waals surface area contributed by atoms with Crippen LogP contribution in [-0.2, 0) is 10.0 Å². The average molecular weight is 487 g/mol. The van der Waals surface area contributed by atoms with Crippen molar-refractivity contribution in [3.05, 3.63) is 83.6 Å². The van der Waals surface area contributed by atoms with Crippen LogP contribution in [0.3, 0.4) is 0 Å². The molecule has 0 unspecified atom stereocenters. The van der Waals surface area contributed by atoms with Gasteiger partial charge in [-0.05, 0) is 60.2 Å². The number of hydrogen-bond donors (Lipinski definition) is 2. The molecule has 0 atom stereocenters. The van der Waals surface area contributed by atoms with Crippen LogP contribution in [0, 0.1) is 0 Å². The largest absolute Gasteiger partial charge is 0.370 e. The smallest absolute Gasteiger partial charge is 0.261 e. The molecule has 2 N–H and O–H groups in total. The topological polar surface area (TPSA) is 78.1 Å². The number of H-pyrrole nitrogens is 1. The number of nitrogens with zero attached hydrogens (tertiary/aromatic N) is 2. The molecule has 0 amide bonds. The van der Waals surface area contributed by atoms with Crippen molar-refractivity contribution < 1.29 is 8.42 Å². The first-order chi connectivity index (χ1) is 16.9. The summed E-state index contributed by atoms with van der Waals surface area (Å²) < 4.78 is 29.6. The monoisotopic (exact) mass is 486 g/mol. The van der Waals surface area contributed by atoms with Gasteiger partial charge in [-0.2, -0.15) is 5.10 Å². The second-order valence-electron chi connectivity index (χ2n) is 9.29. The summed E-state index contributed by atoms with van der Waals surface area (Å²) >= 11 is 0. The van der Waals surface area contributed by atoms with Crippen molar-refractivity contribution in [3.63, 3.8) is 0 Å². The van der Waals surface area contributed by atoms with Gasteiger partial charge in [-0.3, -0.25) is 9.82 Å². The number of aromatic nitrogens is 2. The van der Waals surface area contributed by atoms with E-state index in [1.54, 1.807) is 12.1 Å². The summed E-state index contributed by atoms with van der Waals surface area (Å²) in [6.45, 7) is 5.98. The third kappa shape index (κ3) is 4.95. The highest BCUT2D eigenvalue weighted by atomic mass is 32.2. The third-order valence-corrected chi connectivity index (χ3v) is 7.87. The Kier molecular flexibility index (Phi) is 6.34. The van der Waals surface area contributed by atoms with Crippen LogP contribution in [0.4, 0.5) is 11.4 Å². The molecule has 2 heterocycles. The highest BCUT2D eigenvalue weighted by molar-refractivity contribution is 7.92. The lowest BCUT2D eigenvalue weighted by Crippen LogP contribution is -2.21. The summed E-state index contributed by atoms with van der Waals surface area (Å²) in [5.41, 5.74) is 5.27. The quantitative estimate of drug-likeness (QED) is 0.323. The molecule has 3 aromatic carbocycles. The minimum Gasteiger partial charge on any atom is -0.370 e. The van der Waals surface area contributed by atoms with Gasteiger partial charge in [-0.25, -0.2) is 8.42 Å². The van der Waals surface area contributed by atoms with E-state index in [1.807, 2.05) is 66.7 Å². The van der Waals surface area contributed by atoms with Crippen LogP contribution in [0.5, 0.6) is 0 Å². The van der Waals surface area contributed by atoms with Crippen LogP contribution in [-0.4, -0.2) is 31.7 Å². The standard InChI is InChI=1S/C28H30N4O2S/c1-20(2)22-11-13-23(14-12-22)35(33,34)31-27-18-24-25(15-10-21-8-4-3-5-9-21)29-30-26(24)19-28(27)32-16-6-7-17-32/h3-5,8-15,18-20,31H,6-7,16-17H2,1-2H3,(H,29,30)/b15-10+. The van der Waals surface area contributed by atoms with Crippen molar-refractivity contribution in [2.75, 3.05) is 22.7 Å². The Hall–Kier alpha value is -3.58. The lowest BCUT2D eigenvalue weighted by Gasteiger charge is -2.22. The Morgan fingerprint density at radius 3 is 2.37 bits per heavy atom. The van der Waals surface area contributed by atoms with E-state index in [4.69, 9.17) is 0 Å². The first-order valence-corrected chi connectivity index (χ1v) is 13.5. The van der Waals surface area contributed by atoms with E-state index in [0.29, 0.717) is 11.6 Å². The molecule has 7 heteroatoms. The summed E-state index contributed by atoms with van der Waals surface area (Å²) in [6.07, 6.45) is 6.14. The highest BCUT2D eigenvalue weighted by Crippen LogP contribution is 2.35. The average Bonchev–Trinajstić information content (AvgIpc) is 3.53. The van der Waals surface area contributed by atoms with E-state index in [-0.39, 0.29) is 4.90 Å². The van der Waals surface area contributed by atoms with Gasteiger partial charge in [0.1, 0.15) is 0 Å².